The molecule has 1 aliphatic carbocycles. The lowest BCUT2D eigenvalue weighted by Crippen LogP contribution is -2.05. The average molecular weight is 427 g/mol. The van der Waals surface area contributed by atoms with Crippen LogP contribution in [-0.2, 0) is 0 Å². The molecule has 4 aromatic carbocycles. The maximum atomic E-state index is 14.6. The molecule has 0 spiro atoms. The molecule has 0 radical (unpaired) electrons. The van der Waals surface area contributed by atoms with Crippen molar-refractivity contribution in [2.24, 2.45) is 0 Å². The zero-order valence-electron chi connectivity index (χ0n) is 18.6. The van der Waals surface area contributed by atoms with Crippen molar-refractivity contribution in [3.8, 4) is 16.9 Å². The van der Waals surface area contributed by atoms with Crippen LogP contribution < -0.4 is 0 Å². The van der Waals surface area contributed by atoms with E-state index in [9.17, 15) is 13.9 Å². The first-order chi connectivity index (χ1) is 15.3. The van der Waals surface area contributed by atoms with Crippen molar-refractivity contribution >= 4 is 21.5 Å². The van der Waals surface area contributed by atoms with Gasteiger partial charge in [0.05, 0.1) is 0 Å². The number of halogens is 2. The third-order valence-corrected chi connectivity index (χ3v) is 7.19. The van der Waals surface area contributed by atoms with E-state index in [1.54, 1.807) is 0 Å². The van der Waals surface area contributed by atoms with Crippen LogP contribution in [0.25, 0.3) is 32.7 Å². The van der Waals surface area contributed by atoms with Gasteiger partial charge in [0.2, 0.25) is 0 Å². The van der Waals surface area contributed by atoms with E-state index in [2.05, 4.69) is 13.8 Å². The lowest BCUT2D eigenvalue weighted by atomic mass is 9.81. The number of fused-ring (bicyclic) bond motifs is 3. The van der Waals surface area contributed by atoms with Crippen molar-refractivity contribution in [3.63, 3.8) is 0 Å². The highest BCUT2D eigenvalue weighted by atomic mass is 19.2. The minimum Gasteiger partial charge on any atom is -0.507 e. The fourth-order valence-electron chi connectivity index (χ4n) is 5.23. The first kappa shape index (κ1) is 20.4. The van der Waals surface area contributed by atoms with Crippen LogP contribution in [-0.4, -0.2) is 5.11 Å². The third-order valence-electron chi connectivity index (χ3n) is 7.19. The second-order valence-electron chi connectivity index (χ2n) is 8.72. The van der Waals surface area contributed by atoms with Crippen molar-refractivity contribution in [1.29, 1.82) is 0 Å². The summed E-state index contributed by atoms with van der Waals surface area (Å²) in [7, 11) is 0. The van der Waals surface area contributed by atoms with E-state index in [0.29, 0.717) is 22.1 Å². The molecular formula is C29H24F2O. The maximum absolute atomic E-state index is 14.6. The molecule has 0 atom stereocenters. The zero-order valence-corrected chi connectivity index (χ0v) is 18.6. The van der Waals surface area contributed by atoms with E-state index in [-0.39, 0.29) is 11.7 Å². The summed E-state index contributed by atoms with van der Waals surface area (Å²) in [5.74, 6) is -1.88. The normalized spacial score (nSPS) is 14.9. The summed E-state index contributed by atoms with van der Waals surface area (Å²) in [6.07, 6.45) is 0. The molecule has 0 saturated heterocycles. The molecule has 1 aliphatic rings. The summed E-state index contributed by atoms with van der Waals surface area (Å²) in [6, 6.07) is 18.0. The van der Waals surface area contributed by atoms with E-state index in [1.165, 1.54) is 23.3 Å². The molecule has 3 heteroatoms. The molecule has 0 aromatic heterocycles. The Bertz CT molecular complexity index is 1470. The number of phenolic OH excluding ortho intramolecular Hbond substituents is 1. The van der Waals surface area contributed by atoms with Gasteiger partial charge in [0.25, 0.3) is 0 Å². The Kier molecular flexibility index (Phi) is 4.67. The van der Waals surface area contributed by atoms with Crippen molar-refractivity contribution in [1.82, 2.24) is 0 Å². The number of allylic oxidation sites excluding steroid dienone is 4. The number of phenols is 1. The number of hydrogen-bond acceptors (Lipinski definition) is 1. The highest BCUT2D eigenvalue weighted by Crippen LogP contribution is 2.50. The predicted molar refractivity (Wildman–Crippen MR) is 128 cm³/mol. The number of aromatic hydroxyl groups is 1. The predicted octanol–water partition coefficient (Wildman–Crippen LogP) is 8.41. The molecule has 0 amide bonds. The summed E-state index contributed by atoms with van der Waals surface area (Å²) in [5, 5.41) is 14.8. The molecule has 0 fully saturated rings. The molecule has 1 nitrogen and oxygen atoms in total. The fraction of sp³-hybridized carbons (Fsp3) is 0.172. The van der Waals surface area contributed by atoms with Gasteiger partial charge in [-0.05, 0) is 78.3 Å². The monoisotopic (exact) mass is 426 g/mol. The molecule has 0 saturated carbocycles. The Labute approximate surface area is 186 Å². The highest BCUT2D eigenvalue weighted by Gasteiger charge is 2.30. The minimum atomic E-state index is -0.921. The van der Waals surface area contributed by atoms with E-state index in [1.807, 2.05) is 62.4 Å². The molecule has 1 N–H and O–H groups in total. The molecule has 160 valence electrons. The van der Waals surface area contributed by atoms with Gasteiger partial charge in [-0.1, -0.05) is 59.7 Å². The first-order valence-corrected chi connectivity index (χ1v) is 10.8. The highest BCUT2D eigenvalue weighted by molar-refractivity contribution is 6.17. The summed E-state index contributed by atoms with van der Waals surface area (Å²) in [4.78, 5) is 0. The first-order valence-electron chi connectivity index (χ1n) is 10.8. The Morgan fingerprint density at radius 1 is 0.656 bits per heavy atom. The van der Waals surface area contributed by atoms with Crippen LogP contribution in [0.5, 0.6) is 5.75 Å². The number of rotatable bonds is 2. The van der Waals surface area contributed by atoms with Gasteiger partial charge in [-0.25, -0.2) is 8.78 Å². The van der Waals surface area contributed by atoms with Gasteiger partial charge in [-0.3, -0.25) is 0 Å². The van der Waals surface area contributed by atoms with Crippen molar-refractivity contribution in [3.05, 3.63) is 100 Å². The van der Waals surface area contributed by atoms with Gasteiger partial charge in [0.1, 0.15) is 5.75 Å². The Balaban J connectivity index is 1.94. The largest absolute Gasteiger partial charge is 0.507 e. The van der Waals surface area contributed by atoms with Gasteiger partial charge in [0, 0.05) is 16.9 Å². The molecule has 0 bridgehead atoms. The lowest BCUT2D eigenvalue weighted by molar-refractivity contribution is 0.483. The minimum absolute atomic E-state index is 0.0845. The number of hydrogen-bond donors (Lipinski definition) is 1. The Morgan fingerprint density at radius 3 is 1.72 bits per heavy atom. The van der Waals surface area contributed by atoms with E-state index < -0.39 is 11.6 Å². The number of benzene rings is 4. The molecule has 0 unspecified atom stereocenters. The van der Waals surface area contributed by atoms with E-state index >= 15 is 0 Å². The lowest BCUT2D eigenvalue weighted by Gasteiger charge is -2.22. The van der Waals surface area contributed by atoms with Crippen LogP contribution in [0.15, 0.2) is 83.0 Å². The molecule has 32 heavy (non-hydrogen) atoms. The molecular weight excluding hydrogens is 402 g/mol. The molecule has 0 aliphatic heterocycles. The average Bonchev–Trinajstić information content (AvgIpc) is 2.99. The maximum Gasteiger partial charge on any atom is 0.159 e. The zero-order chi connectivity index (χ0) is 22.7. The van der Waals surface area contributed by atoms with Crippen LogP contribution >= 0.6 is 0 Å². The van der Waals surface area contributed by atoms with Crippen LogP contribution in [0.1, 0.15) is 39.2 Å². The van der Waals surface area contributed by atoms with Crippen molar-refractivity contribution < 1.29 is 13.9 Å². The smallest absolute Gasteiger partial charge is 0.159 e. The van der Waals surface area contributed by atoms with Crippen LogP contribution in [0.2, 0.25) is 0 Å². The van der Waals surface area contributed by atoms with E-state index in [0.717, 1.165) is 27.3 Å². The van der Waals surface area contributed by atoms with Crippen LogP contribution in [0, 0.1) is 11.6 Å². The molecule has 5 rings (SSSR count). The molecule has 0 heterocycles. The van der Waals surface area contributed by atoms with Crippen molar-refractivity contribution in [2.45, 2.75) is 33.6 Å². The Hall–Kier alpha value is -3.46. The standard InChI is InChI=1S/C29H24F2O/c1-15-16(2)18(4)27(17(15)3)23-13-25(30)26(31)14-24(23)28-21-11-7-5-9-19(21)20-10-6-8-12-22(20)29(28)32/h5-14,27,32H,1-4H3. The van der Waals surface area contributed by atoms with Gasteiger partial charge >= 0.3 is 0 Å². The quantitative estimate of drug-likeness (QED) is 0.319. The van der Waals surface area contributed by atoms with Crippen LogP contribution in [0.3, 0.4) is 0 Å². The fourth-order valence-corrected chi connectivity index (χ4v) is 5.23. The summed E-state index contributed by atoms with van der Waals surface area (Å²) < 4.78 is 29.2. The summed E-state index contributed by atoms with van der Waals surface area (Å²) in [6.45, 7) is 8.22. The van der Waals surface area contributed by atoms with Gasteiger partial charge < -0.3 is 5.11 Å². The summed E-state index contributed by atoms with van der Waals surface area (Å²) in [5.41, 5.74) is 6.33. The van der Waals surface area contributed by atoms with Gasteiger partial charge in [-0.15, -0.1) is 0 Å². The van der Waals surface area contributed by atoms with Gasteiger partial charge in [-0.2, -0.15) is 0 Å². The van der Waals surface area contributed by atoms with Gasteiger partial charge in [0.15, 0.2) is 11.6 Å². The van der Waals surface area contributed by atoms with Crippen LogP contribution in [0.4, 0.5) is 8.78 Å². The summed E-state index contributed by atoms with van der Waals surface area (Å²) >= 11 is 0. The second kappa shape index (κ2) is 7.30. The SMILES string of the molecule is CC1=C(C)C(c2cc(F)c(F)cc2-c2c(O)c3ccccc3c3ccccc23)C(C)=C1C. The Morgan fingerprint density at radius 2 is 1.12 bits per heavy atom. The third kappa shape index (κ3) is 2.81. The van der Waals surface area contributed by atoms with Crippen molar-refractivity contribution in [2.75, 3.05) is 0 Å². The topological polar surface area (TPSA) is 20.2 Å². The second-order valence-corrected chi connectivity index (χ2v) is 8.72. The van der Waals surface area contributed by atoms with E-state index in [4.69, 9.17) is 0 Å². The molecule has 4 aromatic rings.